The summed E-state index contributed by atoms with van der Waals surface area (Å²) in [5.41, 5.74) is 0. The van der Waals surface area contributed by atoms with E-state index in [2.05, 4.69) is 50.4 Å². The molecule has 0 fully saturated rings. The van der Waals surface area contributed by atoms with Crippen molar-refractivity contribution in [3.8, 4) is 0 Å². The largest absolute Gasteiger partial charge is 0.308 e. The van der Waals surface area contributed by atoms with E-state index in [9.17, 15) is 0 Å². The molecule has 0 bridgehead atoms. The molecular formula is C10H14BrClN4S. The van der Waals surface area contributed by atoms with Crippen molar-refractivity contribution in [1.82, 2.24) is 20.1 Å². The van der Waals surface area contributed by atoms with Crippen molar-refractivity contribution in [2.24, 2.45) is 0 Å². The monoisotopic (exact) mass is 336 g/mol. The fraction of sp³-hybridized carbons (Fsp3) is 0.400. The van der Waals surface area contributed by atoms with Gasteiger partial charge in [0.1, 0.15) is 12.7 Å². The van der Waals surface area contributed by atoms with Gasteiger partial charge in [0.2, 0.25) is 0 Å². The lowest BCUT2D eigenvalue weighted by Crippen LogP contribution is -2.29. The van der Waals surface area contributed by atoms with Gasteiger partial charge in [-0.1, -0.05) is 0 Å². The first-order chi connectivity index (χ1) is 7.74. The van der Waals surface area contributed by atoms with E-state index in [-0.39, 0.29) is 12.4 Å². The minimum Gasteiger partial charge on any atom is -0.308 e. The van der Waals surface area contributed by atoms with Crippen LogP contribution >= 0.6 is 39.7 Å². The highest BCUT2D eigenvalue weighted by Gasteiger charge is 2.04. The molecule has 0 radical (unpaired) electrons. The Hall–Kier alpha value is -0.430. The van der Waals surface area contributed by atoms with Crippen LogP contribution in [0.15, 0.2) is 28.6 Å². The second-order valence-electron chi connectivity index (χ2n) is 3.61. The summed E-state index contributed by atoms with van der Waals surface area (Å²) in [5, 5.41) is 7.53. The predicted molar refractivity (Wildman–Crippen MR) is 75.6 cm³/mol. The molecule has 0 aromatic carbocycles. The number of halogens is 2. The van der Waals surface area contributed by atoms with Crippen LogP contribution in [0, 0.1) is 0 Å². The van der Waals surface area contributed by atoms with Gasteiger partial charge in [0.05, 0.1) is 10.3 Å². The fourth-order valence-corrected chi connectivity index (χ4v) is 2.83. The molecule has 2 rings (SSSR count). The predicted octanol–water partition coefficient (Wildman–Crippen LogP) is 2.70. The molecule has 17 heavy (non-hydrogen) atoms. The topological polar surface area (TPSA) is 42.7 Å². The quantitative estimate of drug-likeness (QED) is 0.912. The van der Waals surface area contributed by atoms with Gasteiger partial charge in [-0.05, 0) is 35.0 Å². The molecule has 1 atom stereocenters. The molecule has 2 aromatic heterocycles. The Bertz CT molecular complexity index is 431. The number of thiophene rings is 1. The Morgan fingerprint density at radius 1 is 1.53 bits per heavy atom. The minimum absolute atomic E-state index is 0. The molecule has 0 aliphatic rings. The Balaban J connectivity index is 0.00000144. The van der Waals surface area contributed by atoms with Crippen LogP contribution in [0.5, 0.6) is 0 Å². The zero-order valence-electron chi connectivity index (χ0n) is 9.34. The summed E-state index contributed by atoms with van der Waals surface area (Å²) in [7, 11) is 0. The van der Waals surface area contributed by atoms with Gasteiger partial charge in [-0.25, -0.2) is 4.98 Å². The zero-order valence-corrected chi connectivity index (χ0v) is 12.6. The van der Waals surface area contributed by atoms with Crippen LogP contribution in [0.25, 0.3) is 0 Å². The lowest BCUT2D eigenvalue weighted by atomic mass is 10.3. The van der Waals surface area contributed by atoms with Gasteiger partial charge in [0.15, 0.2) is 0 Å². The summed E-state index contributed by atoms with van der Waals surface area (Å²) in [6.07, 6.45) is 3.29. The van der Waals surface area contributed by atoms with Gasteiger partial charge < -0.3 is 5.32 Å². The molecule has 0 saturated carbocycles. The Morgan fingerprint density at radius 3 is 2.94 bits per heavy atom. The molecular weight excluding hydrogens is 324 g/mol. The van der Waals surface area contributed by atoms with Gasteiger partial charge in [0, 0.05) is 17.5 Å². The second kappa shape index (κ2) is 7.10. The van der Waals surface area contributed by atoms with Crippen molar-refractivity contribution >= 4 is 39.7 Å². The lowest BCUT2D eigenvalue weighted by molar-refractivity contribution is 0.451. The highest BCUT2D eigenvalue weighted by molar-refractivity contribution is 9.11. The molecule has 7 heteroatoms. The van der Waals surface area contributed by atoms with E-state index in [0.717, 1.165) is 13.1 Å². The second-order valence-corrected chi connectivity index (χ2v) is 6.15. The van der Waals surface area contributed by atoms with Gasteiger partial charge in [-0.15, -0.1) is 23.7 Å². The summed E-state index contributed by atoms with van der Waals surface area (Å²) in [6, 6.07) is 4.58. The van der Waals surface area contributed by atoms with Crippen LogP contribution < -0.4 is 5.32 Å². The highest BCUT2D eigenvalue weighted by atomic mass is 79.9. The van der Waals surface area contributed by atoms with Gasteiger partial charge in [-0.2, -0.15) is 5.10 Å². The maximum atomic E-state index is 4.08. The summed E-state index contributed by atoms with van der Waals surface area (Å²) in [5.74, 6) is 0. The maximum Gasteiger partial charge on any atom is 0.137 e. The van der Waals surface area contributed by atoms with E-state index in [1.54, 1.807) is 24.0 Å². The van der Waals surface area contributed by atoms with Crippen molar-refractivity contribution < 1.29 is 0 Å². The molecule has 4 nitrogen and oxygen atoms in total. The average Bonchev–Trinajstić information content (AvgIpc) is 2.87. The van der Waals surface area contributed by atoms with Crippen molar-refractivity contribution in [1.29, 1.82) is 0 Å². The number of aromatic nitrogens is 3. The van der Waals surface area contributed by atoms with Crippen molar-refractivity contribution in [3.05, 3.63) is 33.5 Å². The number of nitrogens with zero attached hydrogens (tertiary/aromatic N) is 3. The Labute approximate surface area is 119 Å². The first kappa shape index (κ1) is 14.6. The number of nitrogens with one attached hydrogen (secondary N) is 1. The molecule has 0 saturated heterocycles. The van der Waals surface area contributed by atoms with E-state index in [1.165, 1.54) is 8.66 Å². The maximum absolute atomic E-state index is 4.08. The summed E-state index contributed by atoms with van der Waals surface area (Å²) in [6.45, 7) is 3.88. The standard InChI is InChI=1S/C10H13BrN4S.ClH/c1-8(5-15-7-12-6-14-15)13-4-9-2-3-10(11)16-9;/h2-3,6-8,13H,4-5H2,1H3;1H. The Morgan fingerprint density at radius 2 is 2.35 bits per heavy atom. The van der Waals surface area contributed by atoms with E-state index in [0.29, 0.717) is 6.04 Å². The lowest BCUT2D eigenvalue weighted by Gasteiger charge is -2.12. The molecule has 1 unspecified atom stereocenters. The van der Waals surface area contributed by atoms with Gasteiger partial charge in [0.25, 0.3) is 0 Å². The van der Waals surface area contributed by atoms with Gasteiger partial charge in [-0.3, -0.25) is 4.68 Å². The zero-order chi connectivity index (χ0) is 11.4. The molecule has 0 aliphatic heterocycles. The number of hydrogen-bond donors (Lipinski definition) is 1. The smallest absolute Gasteiger partial charge is 0.137 e. The first-order valence-corrected chi connectivity index (χ1v) is 6.65. The summed E-state index contributed by atoms with van der Waals surface area (Å²) < 4.78 is 3.01. The van der Waals surface area contributed by atoms with Gasteiger partial charge >= 0.3 is 0 Å². The molecule has 0 spiro atoms. The normalized spacial score (nSPS) is 12.1. The van der Waals surface area contributed by atoms with E-state index >= 15 is 0 Å². The highest BCUT2D eigenvalue weighted by Crippen LogP contribution is 2.21. The molecule has 0 aliphatic carbocycles. The number of hydrogen-bond acceptors (Lipinski definition) is 4. The average molecular weight is 338 g/mol. The molecule has 1 N–H and O–H groups in total. The van der Waals surface area contributed by atoms with E-state index in [4.69, 9.17) is 0 Å². The van der Waals surface area contributed by atoms with Crippen molar-refractivity contribution in [3.63, 3.8) is 0 Å². The van der Waals surface area contributed by atoms with Crippen LogP contribution in [-0.4, -0.2) is 20.8 Å². The SMILES string of the molecule is CC(Cn1cncn1)NCc1ccc(Br)s1.Cl. The third kappa shape index (κ3) is 4.75. The van der Waals surface area contributed by atoms with Crippen LogP contribution in [0.3, 0.4) is 0 Å². The molecule has 2 aromatic rings. The van der Waals surface area contributed by atoms with Crippen LogP contribution in [-0.2, 0) is 13.1 Å². The molecule has 94 valence electrons. The Kier molecular flexibility index (Phi) is 6.11. The third-order valence-corrected chi connectivity index (χ3v) is 3.80. The number of rotatable bonds is 5. The summed E-state index contributed by atoms with van der Waals surface area (Å²) >= 11 is 5.21. The first-order valence-electron chi connectivity index (χ1n) is 5.04. The summed E-state index contributed by atoms with van der Waals surface area (Å²) in [4.78, 5) is 5.25. The molecule has 0 amide bonds. The van der Waals surface area contributed by atoms with Crippen LogP contribution in [0.1, 0.15) is 11.8 Å². The van der Waals surface area contributed by atoms with Crippen molar-refractivity contribution in [2.45, 2.75) is 26.1 Å². The van der Waals surface area contributed by atoms with E-state index in [1.807, 2.05) is 4.68 Å². The fourth-order valence-electron chi connectivity index (χ4n) is 1.39. The van der Waals surface area contributed by atoms with Crippen LogP contribution in [0.4, 0.5) is 0 Å². The minimum atomic E-state index is 0. The van der Waals surface area contributed by atoms with Crippen molar-refractivity contribution in [2.75, 3.05) is 0 Å². The molecule has 2 heterocycles. The van der Waals surface area contributed by atoms with Crippen LogP contribution in [0.2, 0.25) is 0 Å². The third-order valence-electron chi connectivity index (χ3n) is 2.18. The van der Waals surface area contributed by atoms with E-state index < -0.39 is 0 Å².